The third kappa shape index (κ3) is 3.22. The van der Waals surface area contributed by atoms with Crippen LogP contribution in [0.3, 0.4) is 0 Å². The number of rotatable bonds is 4. The zero-order valence-electron chi connectivity index (χ0n) is 13.0. The summed E-state index contributed by atoms with van der Waals surface area (Å²) in [6.07, 6.45) is 0.608. The molecule has 1 atom stereocenters. The molecular formula is C17H16N2O3S2. The predicted octanol–water partition coefficient (Wildman–Crippen LogP) is 3.29. The molecule has 0 bridgehead atoms. The fourth-order valence-electron chi connectivity index (χ4n) is 2.35. The van der Waals surface area contributed by atoms with Crippen molar-refractivity contribution >= 4 is 38.5 Å². The van der Waals surface area contributed by atoms with E-state index in [2.05, 4.69) is 4.40 Å². The molecule has 1 fully saturated rings. The molecule has 5 nitrogen and oxygen atoms in total. The molecule has 2 aromatic carbocycles. The molecule has 1 amide bonds. The summed E-state index contributed by atoms with van der Waals surface area (Å²) in [4.78, 5) is 14.1. The minimum Gasteiger partial charge on any atom is -0.273 e. The molecule has 124 valence electrons. The number of hydrogen-bond acceptors (Lipinski definition) is 4. The van der Waals surface area contributed by atoms with Gasteiger partial charge in [0.15, 0.2) is 5.17 Å². The number of sulfonamides is 1. The molecular weight excluding hydrogens is 344 g/mol. The monoisotopic (exact) mass is 360 g/mol. The van der Waals surface area contributed by atoms with Gasteiger partial charge in [-0.1, -0.05) is 55.1 Å². The lowest BCUT2D eigenvalue weighted by atomic mass is 10.2. The Kier molecular flexibility index (Phi) is 4.73. The van der Waals surface area contributed by atoms with Gasteiger partial charge < -0.3 is 0 Å². The van der Waals surface area contributed by atoms with Gasteiger partial charge in [-0.05, 0) is 30.7 Å². The Morgan fingerprint density at radius 2 is 1.62 bits per heavy atom. The Hall–Kier alpha value is -2.12. The lowest BCUT2D eigenvalue weighted by Gasteiger charge is -2.16. The van der Waals surface area contributed by atoms with E-state index in [0.717, 1.165) is 0 Å². The van der Waals surface area contributed by atoms with Crippen LogP contribution in [0.1, 0.15) is 13.3 Å². The van der Waals surface area contributed by atoms with E-state index in [1.54, 1.807) is 42.5 Å². The van der Waals surface area contributed by atoms with Gasteiger partial charge in [0.2, 0.25) is 5.91 Å². The van der Waals surface area contributed by atoms with Crippen molar-refractivity contribution in [3.63, 3.8) is 0 Å². The van der Waals surface area contributed by atoms with Crippen molar-refractivity contribution in [3.8, 4) is 0 Å². The Morgan fingerprint density at radius 3 is 2.21 bits per heavy atom. The highest BCUT2D eigenvalue weighted by molar-refractivity contribution is 8.16. The van der Waals surface area contributed by atoms with Crippen LogP contribution in [0.5, 0.6) is 0 Å². The Labute approximate surface area is 145 Å². The molecule has 0 N–H and O–H groups in total. The van der Waals surface area contributed by atoms with E-state index in [1.165, 1.54) is 28.8 Å². The highest BCUT2D eigenvalue weighted by Crippen LogP contribution is 2.34. The predicted molar refractivity (Wildman–Crippen MR) is 96.7 cm³/mol. The van der Waals surface area contributed by atoms with E-state index in [1.807, 2.05) is 13.0 Å². The summed E-state index contributed by atoms with van der Waals surface area (Å²) in [6.45, 7) is 1.90. The van der Waals surface area contributed by atoms with E-state index in [-0.39, 0.29) is 21.2 Å². The van der Waals surface area contributed by atoms with Gasteiger partial charge in [-0.3, -0.25) is 9.69 Å². The molecule has 0 radical (unpaired) electrons. The second-order valence-corrected chi connectivity index (χ2v) is 7.96. The molecule has 24 heavy (non-hydrogen) atoms. The van der Waals surface area contributed by atoms with Gasteiger partial charge in [-0.15, -0.1) is 4.40 Å². The van der Waals surface area contributed by atoms with E-state index < -0.39 is 10.0 Å². The number of anilines is 1. The number of carbonyl (C=O) groups is 1. The topological polar surface area (TPSA) is 66.8 Å². The van der Waals surface area contributed by atoms with Gasteiger partial charge in [0.05, 0.1) is 15.8 Å². The van der Waals surface area contributed by atoms with Gasteiger partial charge in [0.1, 0.15) is 0 Å². The summed E-state index contributed by atoms with van der Waals surface area (Å²) in [7, 11) is -3.87. The third-order valence-electron chi connectivity index (χ3n) is 3.56. The molecule has 1 heterocycles. The lowest BCUT2D eigenvalue weighted by Crippen LogP contribution is -2.32. The number of carbonyl (C=O) groups excluding carboxylic acids is 1. The van der Waals surface area contributed by atoms with Gasteiger partial charge in [0.25, 0.3) is 10.0 Å². The van der Waals surface area contributed by atoms with Crippen LogP contribution in [-0.4, -0.2) is 24.7 Å². The van der Waals surface area contributed by atoms with E-state index in [4.69, 9.17) is 0 Å². The van der Waals surface area contributed by atoms with Crippen LogP contribution < -0.4 is 4.90 Å². The first-order valence-corrected chi connectivity index (χ1v) is 9.80. The minimum absolute atomic E-state index is 0.110. The third-order valence-corrected chi connectivity index (χ3v) is 6.26. The summed E-state index contributed by atoms with van der Waals surface area (Å²) in [5.74, 6) is -0.143. The zero-order valence-corrected chi connectivity index (χ0v) is 14.6. The molecule has 7 heteroatoms. The van der Waals surface area contributed by atoms with Crippen molar-refractivity contribution in [2.45, 2.75) is 23.5 Å². The smallest absolute Gasteiger partial charge is 0.273 e. The SMILES string of the molecule is CCC1S/C(=N\S(=O)(=O)c2ccccc2)N(c2ccccc2)C1=O. The number of thioether (sulfide) groups is 1. The summed E-state index contributed by atoms with van der Waals surface area (Å²) >= 11 is 1.19. The van der Waals surface area contributed by atoms with Crippen molar-refractivity contribution in [3.05, 3.63) is 60.7 Å². The molecule has 1 saturated heterocycles. The Balaban J connectivity index is 2.06. The van der Waals surface area contributed by atoms with E-state index in [9.17, 15) is 13.2 Å². The average Bonchev–Trinajstić information content (AvgIpc) is 2.91. The number of amidine groups is 1. The number of benzene rings is 2. The minimum atomic E-state index is -3.87. The first-order chi connectivity index (χ1) is 11.5. The summed E-state index contributed by atoms with van der Waals surface area (Å²) in [5.41, 5.74) is 0.618. The molecule has 3 rings (SSSR count). The number of nitrogens with zero attached hydrogens (tertiary/aromatic N) is 2. The summed E-state index contributed by atoms with van der Waals surface area (Å²) in [5, 5.41) is -0.128. The van der Waals surface area contributed by atoms with E-state index in [0.29, 0.717) is 12.1 Å². The molecule has 0 saturated carbocycles. The van der Waals surface area contributed by atoms with Gasteiger partial charge >= 0.3 is 0 Å². The highest BCUT2D eigenvalue weighted by Gasteiger charge is 2.39. The van der Waals surface area contributed by atoms with Crippen LogP contribution in [-0.2, 0) is 14.8 Å². The maximum atomic E-state index is 12.6. The van der Waals surface area contributed by atoms with Crippen molar-refractivity contribution < 1.29 is 13.2 Å². The summed E-state index contributed by atoms with van der Waals surface area (Å²) in [6, 6.07) is 17.0. The normalized spacial score (nSPS) is 19.9. The van der Waals surface area contributed by atoms with Crippen LogP contribution in [0.15, 0.2) is 70.0 Å². The second-order valence-electron chi connectivity index (χ2n) is 5.19. The van der Waals surface area contributed by atoms with Crippen molar-refractivity contribution in [1.82, 2.24) is 0 Å². The van der Waals surface area contributed by atoms with Crippen LogP contribution in [0, 0.1) is 0 Å². The van der Waals surface area contributed by atoms with Crippen molar-refractivity contribution in [2.75, 3.05) is 4.90 Å². The Morgan fingerprint density at radius 1 is 1.04 bits per heavy atom. The fraction of sp³-hybridized carbons (Fsp3) is 0.176. The molecule has 1 unspecified atom stereocenters. The molecule has 2 aromatic rings. The largest absolute Gasteiger partial charge is 0.284 e. The van der Waals surface area contributed by atoms with Crippen LogP contribution >= 0.6 is 11.8 Å². The van der Waals surface area contributed by atoms with Gasteiger partial charge in [0, 0.05) is 0 Å². The van der Waals surface area contributed by atoms with Gasteiger partial charge in [-0.25, -0.2) is 0 Å². The standard InChI is InChI=1S/C17H16N2O3S2/c1-2-15-16(20)19(13-9-5-3-6-10-13)17(23-15)18-24(21,22)14-11-7-4-8-12-14/h3-12,15H,2H2,1H3/b18-17-. The average molecular weight is 360 g/mol. The fourth-order valence-corrected chi connectivity index (χ4v) is 4.64. The second kappa shape index (κ2) is 6.78. The van der Waals surface area contributed by atoms with Gasteiger partial charge in [-0.2, -0.15) is 8.42 Å². The van der Waals surface area contributed by atoms with Crippen LogP contribution in [0.4, 0.5) is 5.69 Å². The molecule has 0 aromatic heterocycles. The quantitative estimate of drug-likeness (QED) is 0.839. The number of hydrogen-bond donors (Lipinski definition) is 0. The first-order valence-electron chi connectivity index (χ1n) is 7.48. The molecule has 1 aliphatic rings. The van der Waals surface area contributed by atoms with Crippen LogP contribution in [0.25, 0.3) is 0 Å². The van der Waals surface area contributed by atoms with Crippen molar-refractivity contribution in [1.29, 1.82) is 0 Å². The first kappa shape index (κ1) is 16.7. The van der Waals surface area contributed by atoms with E-state index >= 15 is 0 Å². The Bertz CT molecular complexity index is 865. The lowest BCUT2D eigenvalue weighted by molar-refractivity contribution is -0.116. The molecule has 1 aliphatic heterocycles. The van der Waals surface area contributed by atoms with Crippen LogP contribution in [0.2, 0.25) is 0 Å². The maximum Gasteiger partial charge on any atom is 0.284 e. The molecule has 0 aliphatic carbocycles. The zero-order chi connectivity index (χ0) is 17.2. The molecule has 0 spiro atoms. The number of amides is 1. The van der Waals surface area contributed by atoms with Crippen molar-refractivity contribution in [2.24, 2.45) is 4.40 Å². The number of para-hydroxylation sites is 1. The summed E-state index contributed by atoms with van der Waals surface area (Å²) < 4.78 is 29.0. The highest BCUT2D eigenvalue weighted by atomic mass is 32.2. The maximum absolute atomic E-state index is 12.6.